The van der Waals surface area contributed by atoms with Crippen molar-refractivity contribution in [3.63, 3.8) is 0 Å². The minimum atomic E-state index is -4.32. The summed E-state index contributed by atoms with van der Waals surface area (Å²) >= 11 is 0. The van der Waals surface area contributed by atoms with Crippen molar-refractivity contribution >= 4 is 22.0 Å². The van der Waals surface area contributed by atoms with Crippen molar-refractivity contribution in [2.45, 2.75) is 69.4 Å². The Kier molecular flexibility index (Phi) is 8.63. The van der Waals surface area contributed by atoms with E-state index in [-0.39, 0.29) is 24.3 Å². The second-order valence-corrected chi connectivity index (χ2v) is 11.5. The Balaban J connectivity index is 2.00. The van der Waals surface area contributed by atoms with Crippen molar-refractivity contribution in [1.82, 2.24) is 4.31 Å². The molecule has 8 nitrogen and oxygen atoms in total. The summed E-state index contributed by atoms with van der Waals surface area (Å²) in [5, 5.41) is 0. The SMILES string of the molecule is CCOC(=O)/C=C/N(C1(C(=O)OC(C)(C)C)CCCC1)S(=O)(=O)c1ccc(Oc2ccc(F)cc2)cc1. The van der Waals surface area contributed by atoms with E-state index >= 15 is 0 Å². The molecule has 0 atom stereocenters. The maximum Gasteiger partial charge on any atom is 0.333 e. The molecule has 0 amide bonds. The van der Waals surface area contributed by atoms with Crippen LogP contribution in [0, 0.1) is 5.82 Å². The molecule has 10 heteroatoms. The van der Waals surface area contributed by atoms with Crippen LogP contribution < -0.4 is 4.74 Å². The number of hydrogen-bond acceptors (Lipinski definition) is 7. The fourth-order valence-corrected chi connectivity index (χ4v) is 5.70. The maximum atomic E-state index is 13.9. The van der Waals surface area contributed by atoms with Crippen molar-refractivity contribution in [2.75, 3.05) is 6.61 Å². The average molecular weight is 534 g/mol. The first-order chi connectivity index (χ1) is 17.4. The third-order valence-electron chi connectivity index (χ3n) is 5.69. The highest BCUT2D eigenvalue weighted by Crippen LogP contribution is 2.41. The highest BCUT2D eigenvalue weighted by Gasteiger charge is 2.52. The first-order valence-corrected chi connectivity index (χ1v) is 13.5. The molecule has 0 aliphatic heterocycles. The van der Waals surface area contributed by atoms with E-state index in [0.29, 0.717) is 24.3 Å². The van der Waals surface area contributed by atoms with E-state index in [9.17, 15) is 22.4 Å². The van der Waals surface area contributed by atoms with E-state index in [0.717, 1.165) is 16.6 Å². The molecule has 3 rings (SSSR count). The van der Waals surface area contributed by atoms with Gasteiger partial charge in [0.2, 0.25) is 0 Å². The molecular weight excluding hydrogens is 501 g/mol. The standard InChI is InChI=1S/C27H32FNO7S/c1-5-34-24(30)16-19-29(27(17-6-7-18-27)25(31)36-26(2,3)4)37(32,33)23-14-12-22(13-15-23)35-21-10-8-20(28)9-11-21/h8-16,19H,5-7,17-18H2,1-4H3/b19-16+. The molecule has 0 aromatic heterocycles. The van der Waals surface area contributed by atoms with Gasteiger partial charge in [0, 0.05) is 12.3 Å². The van der Waals surface area contributed by atoms with Crippen LogP contribution in [0.15, 0.2) is 65.7 Å². The molecule has 0 radical (unpaired) electrons. The van der Waals surface area contributed by atoms with Crippen LogP contribution in [0.1, 0.15) is 53.4 Å². The quantitative estimate of drug-likeness (QED) is 0.317. The van der Waals surface area contributed by atoms with Crippen molar-refractivity contribution in [3.8, 4) is 11.5 Å². The first-order valence-electron chi connectivity index (χ1n) is 12.0. The molecule has 1 aliphatic carbocycles. The summed E-state index contributed by atoms with van der Waals surface area (Å²) in [5.41, 5.74) is -2.36. The third-order valence-corrected chi connectivity index (χ3v) is 7.55. The second-order valence-electron chi connectivity index (χ2n) is 9.64. The van der Waals surface area contributed by atoms with Gasteiger partial charge in [-0.2, -0.15) is 0 Å². The zero-order valence-electron chi connectivity index (χ0n) is 21.4. The highest BCUT2D eigenvalue weighted by atomic mass is 32.2. The number of benzene rings is 2. The maximum absolute atomic E-state index is 13.9. The molecule has 2 aromatic carbocycles. The van der Waals surface area contributed by atoms with Crippen LogP contribution in [0.5, 0.6) is 11.5 Å². The van der Waals surface area contributed by atoms with Gasteiger partial charge in [-0.1, -0.05) is 12.8 Å². The summed E-state index contributed by atoms with van der Waals surface area (Å²) in [6, 6.07) is 11.0. The van der Waals surface area contributed by atoms with Crippen LogP contribution in [-0.2, 0) is 29.1 Å². The summed E-state index contributed by atoms with van der Waals surface area (Å²) in [7, 11) is -4.32. The molecule has 0 saturated heterocycles. The molecule has 2 aromatic rings. The van der Waals surface area contributed by atoms with Crippen LogP contribution >= 0.6 is 0 Å². The number of nitrogens with zero attached hydrogens (tertiary/aromatic N) is 1. The van der Waals surface area contributed by atoms with E-state index in [1.807, 2.05) is 0 Å². The zero-order valence-corrected chi connectivity index (χ0v) is 22.2. The van der Waals surface area contributed by atoms with Crippen molar-refractivity contribution in [2.24, 2.45) is 0 Å². The van der Waals surface area contributed by atoms with Crippen LogP contribution in [-0.4, -0.2) is 42.4 Å². The van der Waals surface area contributed by atoms with E-state index < -0.39 is 38.9 Å². The van der Waals surface area contributed by atoms with Gasteiger partial charge in [0.15, 0.2) is 5.54 Å². The minimum absolute atomic E-state index is 0.109. The van der Waals surface area contributed by atoms with Gasteiger partial charge >= 0.3 is 11.9 Å². The number of carbonyl (C=O) groups is 2. The highest BCUT2D eigenvalue weighted by molar-refractivity contribution is 7.89. The van der Waals surface area contributed by atoms with E-state index in [1.165, 1.54) is 48.5 Å². The molecule has 1 fully saturated rings. The number of hydrogen-bond donors (Lipinski definition) is 0. The van der Waals surface area contributed by atoms with Crippen LogP contribution in [0.4, 0.5) is 4.39 Å². The van der Waals surface area contributed by atoms with Gasteiger partial charge in [0.1, 0.15) is 22.9 Å². The average Bonchev–Trinajstić information content (AvgIpc) is 3.31. The molecule has 0 heterocycles. The summed E-state index contributed by atoms with van der Waals surface area (Å²) < 4.78 is 58.1. The molecular formula is C27H32FNO7S. The van der Waals surface area contributed by atoms with Gasteiger partial charge in [-0.25, -0.2) is 22.4 Å². The summed E-state index contributed by atoms with van der Waals surface area (Å²) in [6.07, 6.45) is 3.79. The summed E-state index contributed by atoms with van der Waals surface area (Å²) in [6.45, 7) is 6.87. The topological polar surface area (TPSA) is 99.2 Å². The molecule has 1 saturated carbocycles. The summed E-state index contributed by atoms with van der Waals surface area (Å²) in [4.78, 5) is 25.4. The molecule has 1 aliphatic rings. The van der Waals surface area contributed by atoms with E-state index in [4.69, 9.17) is 14.2 Å². The molecule has 200 valence electrons. The third kappa shape index (κ3) is 6.88. The number of carbonyl (C=O) groups excluding carboxylic acids is 2. The van der Waals surface area contributed by atoms with Crippen molar-refractivity contribution in [3.05, 3.63) is 66.6 Å². The first kappa shape index (κ1) is 28.2. The van der Waals surface area contributed by atoms with Crippen LogP contribution in [0.2, 0.25) is 0 Å². The molecule has 0 spiro atoms. The fourth-order valence-electron chi connectivity index (χ4n) is 4.05. The Bertz CT molecular complexity index is 1230. The number of esters is 2. The van der Waals surface area contributed by atoms with Gasteiger partial charge in [0.05, 0.1) is 11.5 Å². The van der Waals surface area contributed by atoms with Crippen LogP contribution in [0.25, 0.3) is 0 Å². The molecule has 0 unspecified atom stereocenters. The van der Waals surface area contributed by atoms with Crippen molar-refractivity contribution in [1.29, 1.82) is 0 Å². The van der Waals surface area contributed by atoms with Gasteiger partial charge in [0.25, 0.3) is 10.0 Å². The Labute approximate surface area is 217 Å². The largest absolute Gasteiger partial charge is 0.463 e. The zero-order chi connectivity index (χ0) is 27.3. The Morgan fingerprint density at radius 2 is 1.54 bits per heavy atom. The Hall–Kier alpha value is -3.40. The second kappa shape index (κ2) is 11.3. The molecule has 0 N–H and O–H groups in total. The van der Waals surface area contributed by atoms with Gasteiger partial charge < -0.3 is 14.2 Å². The van der Waals surface area contributed by atoms with Gasteiger partial charge in [-0.3, -0.25) is 4.31 Å². The normalized spacial score (nSPS) is 15.4. The lowest BCUT2D eigenvalue weighted by molar-refractivity contribution is -0.165. The monoisotopic (exact) mass is 533 g/mol. The Morgan fingerprint density at radius 3 is 2.05 bits per heavy atom. The number of rotatable bonds is 9. The lowest BCUT2D eigenvalue weighted by Gasteiger charge is -2.39. The van der Waals surface area contributed by atoms with Gasteiger partial charge in [-0.15, -0.1) is 0 Å². The molecule has 0 bridgehead atoms. The fraction of sp³-hybridized carbons (Fsp3) is 0.407. The lowest BCUT2D eigenvalue weighted by Crippen LogP contribution is -2.54. The Morgan fingerprint density at radius 1 is 1.00 bits per heavy atom. The van der Waals surface area contributed by atoms with Gasteiger partial charge in [-0.05, 0) is 89.1 Å². The minimum Gasteiger partial charge on any atom is -0.463 e. The summed E-state index contributed by atoms with van der Waals surface area (Å²) in [5.74, 6) is -1.10. The number of ether oxygens (including phenoxy) is 3. The number of halogens is 1. The number of sulfonamides is 1. The molecule has 37 heavy (non-hydrogen) atoms. The predicted octanol–water partition coefficient (Wildman–Crippen LogP) is 5.34. The van der Waals surface area contributed by atoms with E-state index in [2.05, 4.69) is 0 Å². The lowest BCUT2D eigenvalue weighted by atomic mass is 9.97. The van der Waals surface area contributed by atoms with Crippen molar-refractivity contribution < 1.29 is 36.6 Å². The smallest absolute Gasteiger partial charge is 0.333 e. The van der Waals surface area contributed by atoms with Crippen LogP contribution in [0.3, 0.4) is 0 Å². The van der Waals surface area contributed by atoms with E-state index in [1.54, 1.807) is 27.7 Å². The predicted molar refractivity (Wildman–Crippen MR) is 135 cm³/mol.